The molecule has 1 aliphatic heterocycles. The van der Waals surface area contributed by atoms with Gasteiger partial charge in [-0.3, -0.25) is 18.7 Å². The zero-order chi connectivity index (χ0) is 19.1. The molecule has 8 nitrogen and oxygen atoms in total. The van der Waals surface area contributed by atoms with Crippen LogP contribution in [-0.4, -0.2) is 50.6 Å². The maximum Gasteiger partial charge on any atom is 0.332 e. The van der Waals surface area contributed by atoms with Gasteiger partial charge < -0.3 is 10.2 Å². The maximum absolute atomic E-state index is 12.8. The fraction of sp³-hybridized carbons (Fsp3) is 0.579. The quantitative estimate of drug-likeness (QED) is 0.831. The molecule has 1 N–H and O–H groups in total. The zero-order valence-corrected chi connectivity index (χ0v) is 15.8. The summed E-state index contributed by atoms with van der Waals surface area (Å²) >= 11 is 0. The Balaban J connectivity index is 1.51. The molecule has 1 amide bonds. The highest BCUT2D eigenvalue weighted by atomic mass is 16.2. The van der Waals surface area contributed by atoms with Gasteiger partial charge in [0.05, 0.1) is 5.39 Å². The number of carbonyl (C=O) groups is 1. The number of nitrogens with one attached hydrogen (secondary N) is 1. The molecule has 144 valence electrons. The molecule has 0 radical (unpaired) electrons. The number of likely N-dealkylation sites (tertiary alicyclic amines) is 1. The summed E-state index contributed by atoms with van der Waals surface area (Å²) in [5.41, 5.74) is -0.334. The zero-order valence-electron chi connectivity index (χ0n) is 15.8. The molecule has 2 aromatic heterocycles. The molecular weight excluding hydrogens is 346 g/mol. The molecule has 1 aliphatic carbocycles. The molecule has 0 unspecified atom stereocenters. The van der Waals surface area contributed by atoms with Gasteiger partial charge in [0.2, 0.25) is 0 Å². The average Bonchev–Trinajstić information content (AvgIpc) is 3.53. The number of hydrogen-bond acceptors (Lipinski definition) is 5. The number of aryl methyl sites for hydroxylation is 1. The lowest BCUT2D eigenvalue weighted by Gasteiger charge is -2.32. The minimum Gasteiger partial charge on any atom is -0.337 e. The van der Waals surface area contributed by atoms with E-state index in [1.807, 2.05) is 4.90 Å². The van der Waals surface area contributed by atoms with Gasteiger partial charge >= 0.3 is 5.69 Å². The number of fused-ring (bicyclic) bond motifs is 1. The van der Waals surface area contributed by atoms with Gasteiger partial charge in [-0.25, -0.2) is 9.78 Å². The Morgan fingerprint density at radius 2 is 1.81 bits per heavy atom. The second kappa shape index (κ2) is 6.92. The summed E-state index contributed by atoms with van der Waals surface area (Å²) in [6.45, 7) is 2.47. The number of rotatable bonds is 4. The largest absolute Gasteiger partial charge is 0.337 e. The van der Waals surface area contributed by atoms with Crippen LogP contribution in [-0.2, 0) is 14.1 Å². The summed E-state index contributed by atoms with van der Waals surface area (Å²) in [4.78, 5) is 43.4. The Labute approximate surface area is 156 Å². The van der Waals surface area contributed by atoms with Gasteiger partial charge in [-0.15, -0.1) is 0 Å². The van der Waals surface area contributed by atoms with Crippen molar-refractivity contribution in [2.24, 2.45) is 20.0 Å². The molecule has 27 heavy (non-hydrogen) atoms. The van der Waals surface area contributed by atoms with Crippen LogP contribution in [0.15, 0.2) is 21.7 Å². The number of pyridine rings is 1. The predicted molar refractivity (Wildman–Crippen MR) is 102 cm³/mol. The van der Waals surface area contributed by atoms with Crippen LogP contribution in [0.4, 0.5) is 0 Å². The van der Waals surface area contributed by atoms with Crippen molar-refractivity contribution in [2.75, 3.05) is 19.6 Å². The van der Waals surface area contributed by atoms with Crippen LogP contribution < -0.4 is 16.6 Å². The van der Waals surface area contributed by atoms with Gasteiger partial charge in [0, 0.05) is 33.2 Å². The lowest BCUT2D eigenvalue weighted by molar-refractivity contribution is 0.0699. The molecule has 0 aromatic carbocycles. The molecule has 4 rings (SSSR count). The van der Waals surface area contributed by atoms with E-state index in [1.54, 1.807) is 19.2 Å². The van der Waals surface area contributed by atoms with E-state index in [4.69, 9.17) is 0 Å². The van der Waals surface area contributed by atoms with Crippen molar-refractivity contribution >= 4 is 16.9 Å². The molecular formula is C19H25N5O3. The van der Waals surface area contributed by atoms with Crippen molar-refractivity contribution in [3.63, 3.8) is 0 Å². The second-order valence-electron chi connectivity index (χ2n) is 7.69. The Kier molecular flexibility index (Phi) is 4.59. The van der Waals surface area contributed by atoms with Crippen molar-refractivity contribution in [1.29, 1.82) is 0 Å². The molecule has 2 aromatic rings. The second-order valence-corrected chi connectivity index (χ2v) is 7.69. The van der Waals surface area contributed by atoms with Gasteiger partial charge in [0.15, 0.2) is 0 Å². The molecule has 2 fully saturated rings. The van der Waals surface area contributed by atoms with E-state index in [2.05, 4.69) is 10.3 Å². The Bertz CT molecular complexity index is 997. The van der Waals surface area contributed by atoms with Crippen molar-refractivity contribution < 1.29 is 4.79 Å². The van der Waals surface area contributed by atoms with Crippen LogP contribution in [0.5, 0.6) is 0 Å². The van der Waals surface area contributed by atoms with Gasteiger partial charge in [-0.1, -0.05) is 0 Å². The van der Waals surface area contributed by atoms with Gasteiger partial charge in [0.1, 0.15) is 11.3 Å². The molecule has 0 atom stereocenters. The molecule has 8 heteroatoms. The normalized spacial score (nSPS) is 18.2. The Morgan fingerprint density at radius 3 is 2.48 bits per heavy atom. The third-order valence-corrected chi connectivity index (χ3v) is 5.70. The van der Waals surface area contributed by atoms with E-state index in [0.29, 0.717) is 24.5 Å². The summed E-state index contributed by atoms with van der Waals surface area (Å²) in [5.74, 6) is 0.705. The first kappa shape index (κ1) is 17.9. The van der Waals surface area contributed by atoms with Crippen LogP contribution in [0.1, 0.15) is 36.2 Å². The SMILES string of the molecule is Cn1c(=O)c2ccc(C(=O)N3CCC(NCC4CC4)CC3)nc2n(C)c1=O. The first-order chi connectivity index (χ1) is 13.0. The molecule has 1 saturated carbocycles. The van der Waals surface area contributed by atoms with Gasteiger partial charge in [-0.05, 0) is 50.3 Å². The van der Waals surface area contributed by atoms with E-state index in [-0.39, 0.29) is 17.2 Å². The summed E-state index contributed by atoms with van der Waals surface area (Å²) < 4.78 is 2.35. The third-order valence-electron chi connectivity index (χ3n) is 5.70. The molecule has 1 saturated heterocycles. The van der Waals surface area contributed by atoms with Gasteiger partial charge in [-0.2, -0.15) is 0 Å². The number of amides is 1. The minimum absolute atomic E-state index is 0.148. The van der Waals surface area contributed by atoms with Crippen molar-refractivity contribution in [3.05, 3.63) is 38.7 Å². The third kappa shape index (κ3) is 3.41. The fourth-order valence-corrected chi connectivity index (χ4v) is 3.68. The summed E-state index contributed by atoms with van der Waals surface area (Å²) in [7, 11) is 2.99. The Hall–Kier alpha value is -2.48. The molecule has 3 heterocycles. The number of aromatic nitrogens is 3. The number of carbonyl (C=O) groups excluding carboxylic acids is 1. The minimum atomic E-state index is -0.452. The fourth-order valence-electron chi connectivity index (χ4n) is 3.68. The Morgan fingerprint density at radius 1 is 1.11 bits per heavy atom. The van der Waals surface area contributed by atoms with Gasteiger partial charge in [0.25, 0.3) is 11.5 Å². The number of nitrogens with zero attached hydrogens (tertiary/aromatic N) is 4. The van der Waals surface area contributed by atoms with E-state index < -0.39 is 11.2 Å². The average molecular weight is 371 g/mol. The lowest BCUT2D eigenvalue weighted by atomic mass is 10.0. The summed E-state index contributed by atoms with van der Waals surface area (Å²) in [6.07, 6.45) is 4.54. The number of hydrogen-bond donors (Lipinski definition) is 1. The summed E-state index contributed by atoms with van der Waals surface area (Å²) in [5, 5.41) is 3.94. The summed E-state index contributed by atoms with van der Waals surface area (Å²) in [6, 6.07) is 3.64. The molecule has 2 aliphatic rings. The lowest BCUT2D eigenvalue weighted by Crippen LogP contribution is -2.45. The maximum atomic E-state index is 12.8. The first-order valence-corrected chi connectivity index (χ1v) is 9.55. The monoisotopic (exact) mass is 371 g/mol. The van der Waals surface area contributed by atoms with Crippen LogP contribution in [0.2, 0.25) is 0 Å². The molecule has 0 spiro atoms. The standard InChI is InChI=1S/C19H25N5O3/c1-22-16-14(17(25)23(2)19(22)27)5-6-15(21-16)18(26)24-9-7-13(8-10-24)20-11-12-3-4-12/h5-6,12-13,20H,3-4,7-11H2,1-2H3. The van der Waals surface area contributed by atoms with E-state index in [1.165, 1.54) is 24.5 Å². The predicted octanol–water partition coefficient (Wildman–Crippen LogP) is 0.236. The highest BCUT2D eigenvalue weighted by Gasteiger charge is 2.27. The van der Waals surface area contributed by atoms with Crippen LogP contribution in [0, 0.1) is 5.92 Å². The smallest absolute Gasteiger partial charge is 0.332 e. The highest BCUT2D eigenvalue weighted by Crippen LogP contribution is 2.28. The number of piperidine rings is 1. The van der Waals surface area contributed by atoms with Crippen LogP contribution in [0.25, 0.3) is 11.0 Å². The van der Waals surface area contributed by atoms with Crippen molar-refractivity contribution in [3.8, 4) is 0 Å². The van der Waals surface area contributed by atoms with E-state index >= 15 is 0 Å². The molecule has 0 bridgehead atoms. The van der Waals surface area contributed by atoms with Crippen molar-refractivity contribution in [1.82, 2.24) is 24.3 Å². The van der Waals surface area contributed by atoms with E-state index in [0.717, 1.165) is 29.9 Å². The van der Waals surface area contributed by atoms with Crippen LogP contribution in [0.3, 0.4) is 0 Å². The van der Waals surface area contributed by atoms with Crippen LogP contribution >= 0.6 is 0 Å². The van der Waals surface area contributed by atoms with E-state index in [9.17, 15) is 14.4 Å². The highest BCUT2D eigenvalue weighted by molar-refractivity contribution is 5.94. The first-order valence-electron chi connectivity index (χ1n) is 9.55. The van der Waals surface area contributed by atoms with Crippen molar-refractivity contribution in [2.45, 2.75) is 31.7 Å². The topological polar surface area (TPSA) is 89.2 Å².